The summed E-state index contributed by atoms with van der Waals surface area (Å²) in [6, 6.07) is 16.6. The standard InChI is InChI=1S/C31H37ClN2O6/c1-31(2)15-24-28(26(36)16-31)27(22-11-7-8-12-23(22)32)29(30(37)38-3)25(34-24)19-39-14-13-33-17-20(35)18-40-21-9-5-4-6-10-21/h4-12,20,27,33-35H,13-19H2,1-3H3. The van der Waals surface area contributed by atoms with Gasteiger partial charge < -0.3 is 30.0 Å². The van der Waals surface area contributed by atoms with Crippen LogP contribution in [0.2, 0.25) is 5.02 Å². The van der Waals surface area contributed by atoms with Crippen LogP contribution in [-0.2, 0) is 19.1 Å². The molecule has 0 bridgehead atoms. The fourth-order valence-electron chi connectivity index (χ4n) is 5.19. The summed E-state index contributed by atoms with van der Waals surface area (Å²) < 4.78 is 16.7. The third-order valence-electron chi connectivity index (χ3n) is 6.98. The van der Waals surface area contributed by atoms with Crippen molar-refractivity contribution in [1.29, 1.82) is 0 Å². The number of aliphatic hydroxyl groups is 1. The quantitative estimate of drug-likeness (QED) is 0.259. The molecule has 214 valence electrons. The number of esters is 1. The fraction of sp³-hybridized carbons (Fsp3) is 0.419. The van der Waals surface area contributed by atoms with Gasteiger partial charge in [0.15, 0.2) is 5.78 Å². The summed E-state index contributed by atoms with van der Waals surface area (Å²) >= 11 is 6.60. The second-order valence-electron chi connectivity index (χ2n) is 10.8. The van der Waals surface area contributed by atoms with Gasteiger partial charge in [0.1, 0.15) is 18.5 Å². The number of allylic oxidation sites excluding steroid dienone is 2. The van der Waals surface area contributed by atoms with Crippen molar-refractivity contribution in [3.8, 4) is 5.75 Å². The molecule has 2 aromatic carbocycles. The highest BCUT2D eigenvalue weighted by Crippen LogP contribution is 2.48. The SMILES string of the molecule is COC(=O)C1=C(COCCNCC(O)COc2ccccc2)NC2=C(C(=O)CC(C)(C)C2)C1c1ccccc1Cl. The number of benzene rings is 2. The Labute approximate surface area is 240 Å². The Morgan fingerprint density at radius 2 is 1.88 bits per heavy atom. The summed E-state index contributed by atoms with van der Waals surface area (Å²) in [5.74, 6) is -0.502. The first-order valence-electron chi connectivity index (χ1n) is 13.4. The van der Waals surface area contributed by atoms with E-state index in [9.17, 15) is 14.7 Å². The summed E-state index contributed by atoms with van der Waals surface area (Å²) in [5, 5.41) is 17.2. The Kier molecular flexibility index (Phi) is 10.0. The summed E-state index contributed by atoms with van der Waals surface area (Å²) in [5.41, 5.74) is 2.68. The van der Waals surface area contributed by atoms with Crippen LogP contribution in [0.4, 0.5) is 0 Å². The molecule has 40 heavy (non-hydrogen) atoms. The molecule has 1 aliphatic heterocycles. The predicted molar refractivity (Wildman–Crippen MR) is 153 cm³/mol. The number of halogens is 1. The first-order chi connectivity index (χ1) is 19.2. The van der Waals surface area contributed by atoms with E-state index >= 15 is 0 Å². The molecule has 0 radical (unpaired) electrons. The Bertz CT molecular complexity index is 1270. The third kappa shape index (κ3) is 7.31. The van der Waals surface area contributed by atoms with E-state index < -0.39 is 18.0 Å². The molecule has 2 unspecified atom stereocenters. The van der Waals surface area contributed by atoms with E-state index in [0.29, 0.717) is 65.7 Å². The molecule has 0 fully saturated rings. The fourth-order valence-corrected chi connectivity index (χ4v) is 5.43. The highest BCUT2D eigenvalue weighted by atomic mass is 35.5. The molecule has 8 nitrogen and oxygen atoms in total. The number of nitrogens with one attached hydrogen (secondary N) is 2. The van der Waals surface area contributed by atoms with E-state index in [1.54, 1.807) is 6.07 Å². The van der Waals surface area contributed by atoms with Crippen LogP contribution in [0.5, 0.6) is 5.75 Å². The third-order valence-corrected chi connectivity index (χ3v) is 7.33. The largest absolute Gasteiger partial charge is 0.491 e. The number of dihydropyridines is 1. The number of para-hydroxylation sites is 1. The van der Waals surface area contributed by atoms with Crippen molar-refractivity contribution in [3.05, 3.63) is 87.7 Å². The van der Waals surface area contributed by atoms with E-state index in [1.165, 1.54) is 7.11 Å². The van der Waals surface area contributed by atoms with E-state index in [4.69, 9.17) is 25.8 Å². The van der Waals surface area contributed by atoms with Crippen molar-refractivity contribution in [1.82, 2.24) is 10.6 Å². The van der Waals surface area contributed by atoms with Gasteiger partial charge in [-0.05, 0) is 35.6 Å². The van der Waals surface area contributed by atoms with Crippen molar-refractivity contribution in [2.45, 2.75) is 38.7 Å². The van der Waals surface area contributed by atoms with Crippen LogP contribution in [0.25, 0.3) is 0 Å². The van der Waals surface area contributed by atoms with Crippen molar-refractivity contribution in [3.63, 3.8) is 0 Å². The van der Waals surface area contributed by atoms with Gasteiger partial charge in [0.25, 0.3) is 0 Å². The summed E-state index contributed by atoms with van der Waals surface area (Å²) in [7, 11) is 1.32. The van der Waals surface area contributed by atoms with Gasteiger partial charge in [-0.3, -0.25) is 4.79 Å². The smallest absolute Gasteiger partial charge is 0.336 e. The van der Waals surface area contributed by atoms with Crippen LogP contribution in [-0.4, -0.2) is 63.0 Å². The van der Waals surface area contributed by atoms with E-state index in [-0.39, 0.29) is 24.4 Å². The summed E-state index contributed by atoms with van der Waals surface area (Å²) in [4.78, 5) is 26.6. The monoisotopic (exact) mass is 568 g/mol. The van der Waals surface area contributed by atoms with Crippen LogP contribution in [0.3, 0.4) is 0 Å². The Hall–Kier alpha value is -3.17. The first kappa shape index (κ1) is 29.8. The Balaban J connectivity index is 1.43. The lowest BCUT2D eigenvalue weighted by molar-refractivity contribution is -0.136. The average molecular weight is 569 g/mol. The molecule has 1 heterocycles. The van der Waals surface area contributed by atoms with Crippen LogP contribution >= 0.6 is 11.6 Å². The number of hydrogen-bond acceptors (Lipinski definition) is 8. The second-order valence-corrected chi connectivity index (χ2v) is 11.2. The Morgan fingerprint density at radius 3 is 2.60 bits per heavy atom. The van der Waals surface area contributed by atoms with Crippen LogP contribution in [0, 0.1) is 5.41 Å². The molecule has 1 aliphatic carbocycles. The number of carbonyl (C=O) groups excluding carboxylic acids is 2. The number of ketones is 1. The molecule has 2 aromatic rings. The molecule has 2 atom stereocenters. The van der Waals surface area contributed by atoms with Crippen LogP contribution in [0.15, 0.2) is 77.1 Å². The van der Waals surface area contributed by atoms with Gasteiger partial charge in [-0.15, -0.1) is 0 Å². The van der Waals surface area contributed by atoms with Gasteiger partial charge in [-0.2, -0.15) is 0 Å². The van der Waals surface area contributed by atoms with Crippen molar-refractivity contribution in [2.24, 2.45) is 5.41 Å². The topological polar surface area (TPSA) is 106 Å². The normalized spacial score (nSPS) is 19.1. The zero-order valence-electron chi connectivity index (χ0n) is 23.2. The number of Topliss-reactive ketones (excluding diaryl/α,β-unsaturated/α-hetero) is 1. The lowest BCUT2D eigenvalue weighted by atomic mass is 9.68. The molecule has 0 aromatic heterocycles. The van der Waals surface area contributed by atoms with Crippen LogP contribution < -0.4 is 15.4 Å². The maximum Gasteiger partial charge on any atom is 0.336 e. The number of carbonyl (C=O) groups is 2. The average Bonchev–Trinajstić information content (AvgIpc) is 2.92. The molecular formula is C31H37ClN2O6. The zero-order valence-corrected chi connectivity index (χ0v) is 23.9. The summed E-state index contributed by atoms with van der Waals surface area (Å²) in [6.07, 6.45) is 0.350. The van der Waals surface area contributed by atoms with Crippen molar-refractivity contribution < 1.29 is 28.9 Å². The first-order valence-corrected chi connectivity index (χ1v) is 13.8. The minimum atomic E-state index is -0.678. The number of aliphatic hydroxyl groups excluding tert-OH is 1. The second kappa shape index (κ2) is 13.5. The lowest BCUT2D eigenvalue weighted by Crippen LogP contribution is -2.40. The molecule has 0 saturated heterocycles. The van der Waals surface area contributed by atoms with Gasteiger partial charge in [0, 0.05) is 41.7 Å². The molecule has 3 N–H and O–H groups in total. The van der Waals surface area contributed by atoms with Gasteiger partial charge >= 0.3 is 5.97 Å². The lowest BCUT2D eigenvalue weighted by Gasteiger charge is -2.40. The highest BCUT2D eigenvalue weighted by Gasteiger charge is 2.44. The zero-order chi connectivity index (χ0) is 28.7. The molecule has 2 aliphatic rings. The number of rotatable bonds is 12. The van der Waals surface area contributed by atoms with Crippen molar-refractivity contribution in [2.75, 3.05) is 40.0 Å². The maximum absolute atomic E-state index is 13.4. The molecule has 4 rings (SSSR count). The van der Waals surface area contributed by atoms with E-state index in [2.05, 4.69) is 24.5 Å². The highest BCUT2D eigenvalue weighted by molar-refractivity contribution is 6.31. The van der Waals surface area contributed by atoms with Gasteiger partial charge in [0.2, 0.25) is 0 Å². The molecule has 9 heteroatoms. The Morgan fingerprint density at radius 1 is 1.15 bits per heavy atom. The summed E-state index contributed by atoms with van der Waals surface area (Å²) in [6.45, 7) is 5.55. The van der Waals surface area contributed by atoms with Crippen LogP contribution in [0.1, 0.15) is 38.2 Å². The van der Waals surface area contributed by atoms with E-state index in [0.717, 1.165) is 5.70 Å². The van der Waals surface area contributed by atoms with Gasteiger partial charge in [-0.1, -0.05) is 61.8 Å². The van der Waals surface area contributed by atoms with Crippen molar-refractivity contribution >= 4 is 23.4 Å². The predicted octanol–water partition coefficient (Wildman–Crippen LogP) is 4.14. The molecule has 0 spiro atoms. The van der Waals surface area contributed by atoms with E-state index in [1.807, 2.05) is 48.5 Å². The molecule has 0 amide bonds. The number of methoxy groups -OCH3 is 1. The minimum Gasteiger partial charge on any atom is -0.491 e. The number of ether oxygens (including phenoxy) is 3. The minimum absolute atomic E-state index is 0.0101. The molecular weight excluding hydrogens is 532 g/mol. The van der Waals surface area contributed by atoms with Gasteiger partial charge in [-0.25, -0.2) is 4.79 Å². The van der Waals surface area contributed by atoms with Gasteiger partial charge in [0.05, 0.1) is 31.6 Å². The maximum atomic E-state index is 13.4. The number of hydrogen-bond donors (Lipinski definition) is 3. The molecule has 0 saturated carbocycles.